The first-order chi connectivity index (χ1) is 14.7. The third-order valence-electron chi connectivity index (χ3n) is 4.67. The first-order valence-electron chi connectivity index (χ1n) is 9.51. The lowest BCUT2D eigenvalue weighted by atomic mass is 10.0. The van der Waals surface area contributed by atoms with Crippen molar-refractivity contribution in [3.63, 3.8) is 0 Å². The molecular formula is C23H21N5O2. The maximum atomic E-state index is 11.4. The monoisotopic (exact) mass is 399 g/mol. The van der Waals surface area contributed by atoms with Gasteiger partial charge in [-0.15, -0.1) is 0 Å². The maximum Gasteiger partial charge on any atom is 0.257 e. The van der Waals surface area contributed by atoms with Gasteiger partial charge in [0.1, 0.15) is 11.6 Å². The van der Waals surface area contributed by atoms with Crippen LogP contribution in [0.25, 0.3) is 33.4 Å². The molecule has 2 aromatic heterocycles. The highest BCUT2D eigenvalue weighted by Crippen LogP contribution is 2.30. The Hall–Kier alpha value is -4.00. The normalized spacial score (nSPS) is 10.6. The van der Waals surface area contributed by atoms with Crippen LogP contribution in [0, 0.1) is 0 Å². The van der Waals surface area contributed by atoms with Gasteiger partial charge >= 0.3 is 0 Å². The van der Waals surface area contributed by atoms with Crippen molar-refractivity contribution in [1.82, 2.24) is 20.3 Å². The summed E-state index contributed by atoms with van der Waals surface area (Å²) in [5.74, 6) is 1.82. The Labute approximate surface area is 174 Å². The lowest BCUT2D eigenvalue weighted by Gasteiger charge is -2.11. The van der Waals surface area contributed by atoms with E-state index in [2.05, 4.69) is 20.6 Å². The van der Waals surface area contributed by atoms with E-state index in [9.17, 15) is 4.79 Å². The van der Waals surface area contributed by atoms with Crippen LogP contribution in [0.3, 0.4) is 0 Å². The van der Waals surface area contributed by atoms with Crippen LogP contribution in [0.2, 0.25) is 0 Å². The zero-order valence-corrected chi connectivity index (χ0v) is 16.7. The smallest absolute Gasteiger partial charge is 0.257 e. The van der Waals surface area contributed by atoms with Crippen molar-refractivity contribution in [1.29, 1.82) is 0 Å². The lowest BCUT2D eigenvalue weighted by Crippen LogP contribution is -2.24. The first kappa shape index (κ1) is 19.3. The summed E-state index contributed by atoms with van der Waals surface area (Å²) in [7, 11) is 3.42. The Bertz CT molecular complexity index is 1190. The highest BCUT2D eigenvalue weighted by atomic mass is 16.5. The average molecular weight is 399 g/mol. The number of anilines is 1. The van der Waals surface area contributed by atoms with Gasteiger partial charge in [-0.05, 0) is 47.5 Å². The molecule has 0 unspecified atom stereocenters. The fourth-order valence-corrected chi connectivity index (χ4v) is 3.11. The summed E-state index contributed by atoms with van der Waals surface area (Å²) in [6.45, 7) is -0.0213. The lowest BCUT2D eigenvalue weighted by molar-refractivity contribution is -0.122. The number of pyridine rings is 1. The molecule has 2 aromatic carbocycles. The number of fused-ring (bicyclic) bond motifs is 1. The van der Waals surface area contributed by atoms with Crippen LogP contribution < -0.4 is 15.4 Å². The summed E-state index contributed by atoms with van der Waals surface area (Å²) in [4.78, 5) is 25.0. The molecule has 0 atom stereocenters. The number of hydrogen-bond donors (Lipinski definition) is 2. The summed E-state index contributed by atoms with van der Waals surface area (Å²) >= 11 is 0. The number of benzene rings is 2. The summed E-state index contributed by atoms with van der Waals surface area (Å²) < 4.78 is 5.56. The van der Waals surface area contributed by atoms with Gasteiger partial charge in [0.2, 0.25) is 0 Å². The molecule has 1 amide bonds. The van der Waals surface area contributed by atoms with Crippen LogP contribution in [-0.2, 0) is 4.79 Å². The molecule has 4 aromatic rings. The molecule has 2 N–H and O–H groups in total. The van der Waals surface area contributed by atoms with Gasteiger partial charge in [-0.1, -0.05) is 18.2 Å². The van der Waals surface area contributed by atoms with E-state index >= 15 is 0 Å². The van der Waals surface area contributed by atoms with E-state index in [4.69, 9.17) is 9.72 Å². The number of aromatic nitrogens is 3. The van der Waals surface area contributed by atoms with Crippen LogP contribution in [0.1, 0.15) is 0 Å². The largest absolute Gasteiger partial charge is 0.484 e. The molecule has 0 aliphatic rings. The molecule has 0 spiro atoms. The molecule has 2 heterocycles. The van der Waals surface area contributed by atoms with Crippen molar-refractivity contribution in [3.8, 4) is 28.3 Å². The van der Waals surface area contributed by atoms with Gasteiger partial charge in [0.15, 0.2) is 12.4 Å². The molecule has 0 aliphatic carbocycles. The molecule has 7 heteroatoms. The van der Waals surface area contributed by atoms with Crippen LogP contribution in [0.15, 0.2) is 67.0 Å². The molecule has 7 nitrogen and oxygen atoms in total. The predicted octanol–water partition coefficient (Wildman–Crippen LogP) is 3.53. The Morgan fingerprint density at radius 3 is 2.57 bits per heavy atom. The van der Waals surface area contributed by atoms with Crippen LogP contribution >= 0.6 is 0 Å². The molecule has 0 aliphatic heterocycles. The SMILES string of the molecule is CNC(=O)COc1cccc(-c2ccc3nc(-c4cccnc4)nc(NC)c3c2)c1. The number of likely N-dealkylation sites (N-methyl/N-ethyl adjacent to an activating group) is 1. The highest BCUT2D eigenvalue weighted by Gasteiger charge is 2.11. The minimum atomic E-state index is -0.175. The molecule has 0 saturated carbocycles. The minimum absolute atomic E-state index is 0.0213. The van der Waals surface area contributed by atoms with Crippen molar-refractivity contribution >= 4 is 22.6 Å². The van der Waals surface area contributed by atoms with Gasteiger partial charge in [0, 0.05) is 37.4 Å². The Morgan fingerprint density at radius 2 is 1.80 bits per heavy atom. The number of nitrogens with one attached hydrogen (secondary N) is 2. The number of carbonyl (C=O) groups excluding carboxylic acids is 1. The van der Waals surface area contributed by atoms with E-state index in [1.165, 1.54) is 0 Å². The Kier molecular flexibility index (Phi) is 5.52. The van der Waals surface area contributed by atoms with Gasteiger partial charge in [0.05, 0.1) is 5.52 Å². The molecule has 0 bridgehead atoms. The molecular weight excluding hydrogens is 378 g/mol. The molecule has 0 fully saturated rings. The minimum Gasteiger partial charge on any atom is -0.484 e. The van der Waals surface area contributed by atoms with E-state index in [1.54, 1.807) is 19.4 Å². The van der Waals surface area contributed by atoms with Crippen LogP contribution in [0.4, 0.5) is 5.82 Å². The Balaban J connectivity index is 1.71. The number of ether oxygens (including phenoxy) is 1. The molecule has 0 radical (unpaired) electrons. The number of carbonyl (C=O) groups is 1. The standard InChI is InChI=1S/C23H21N5O2/c1-24-21(29)14-30-18-7-3-5-15(11-18)16-8-9-20-19(12-16)23(25-2)28-22(27-20)17-6-4-10-26-13-17/h3-13H,14H2,1-2H3,(H,24,29)(H,25,27,28). The number of hydrogen-bond acceptors (Lipinski definition) is 6. The van der Waals surface area contributed by atoms with Crippen molar-refractivity contribution in [2.45, 2.75) is 0 Å². The van der Waals surface area contributed by atoms with Gasteiger partial charge in [-0.2, -0.15) is 0 Å². The molecule has 0 saturated heterocycles. The number of nitrogens with zero attached hydrogens (tertiary/aromatic N) is 3. The first-order valence-corrected chi connectivity index (χ1v) is 9.51. The van der Waals surface area contributed by atoms with E-state index < -0.39 is 0 Å². The fourth-order valence-electron chi connectivity index (χ4n) is 3.11. The van der Waals surface area contributed by atoms with Crippen LogP contribution in [-0.4, -0.2) is 41.6 Å². The maximum absolute atomic E-state index is 11.4. The Morgan fingerprint density at radius 1 is 0.967 bits per heavy atom. The van der Waals surface area contributed by atoms with Crippen molar-refractivity contribution < 1.29 is 9.53 Å². The van der Waals surface area contributed by atoms with Crippen molar-refractivity contribution in [2.24, 2.45) is 0 Å². The van der Waals surface area contributed by atoms with Gasteiger partial charge in [-0.3, -0.25) is 9.78 Å². The fraction of sp³-hybridized carbons (Fsp3) is 0.130. The second kappa shape index (κ2) is 8.57. The predicted molar refractivity (Wildman–Crippen MR) is 117 cm³/mol. The van der Waals surface area contributed by atoms with E-state index in [0.29, 0.717) is 11.6 Å². The quantitative estimate of drug-likeness (QED) is 0.516. The zero-order chi connectivity index (χ0) is 20.9. The van der Waals surface area contributed by atoms with Gasteiger partial charge < -0.3 is 15.4 Å². The summed E-state index contributed by atoms with van der Waals surface area (Å²) in [5, 5.41) is 6.63. The average Bonchev–Trinajstić information content (AvgIpc) is 2.82. The highest BCUT2D eigenvalue weighted by molar-refractivity contribution is 5.94. The molecule has 4 rings (SSSR count). The number of rotatable bonds is 6. The summed E-state index contributed by atoms with van der Waals surface area (Å²) in [5.41, 5.74) is 3.68. The van der Waals surface area contributed by atoms with Crippen molar-refractivity contribution in [2.75, 3.05) is 26.0 Å². The van der Waals surface area contributed by atoms with E-state index in [1.807, 2.05) is 61.6 Å². The topological polar surface area (TPSA) is 89.0 Å². The summed E-state index contributed by atoms with van der Waals surface area (Å²) in [6, 6.07) is 17.5. The van der Waals surface area contributed by atoms with Crippen molar-refractivity contribution in [3.05, 3.63) is 67.0 Å². The second-order valence-corrected chi connectivity index (χ2v) is 6.61. The van der Waals surface area contributed by atoms with Gasteiger partial charge in [-0.25, -0.2) is 9.97 Å². The van der Waals surface area contributed by atoms with E-state index in [-0.39, 0.29) is 12.5 Å². The number of amides is 1. The second-order valence-electron chi connectivity index (χ2n) is 6.61. The molecule has 30 heavy (non-hydrogen) atoms. The van der Waals surface area contributed by atoms with E-state index in [0.717, 1.165) is 33.4 Å². The van der Waals surface area contributed by atoms with Gasteiger partial charge in [0.25, 0.3) is 5.91 Å². The zero-order valence-electron chi connectivity index (χ0n) is 16.7. The molecule has 150 valence electrons. The third-order valence-corrected chi connectivity index (χ3v) is 4.67. The summed E-state index contributed by atoms with van der Waals surface area (Å²) in [6.07, 6.45) is 3.47. The van der Waals surface area contributed by atoms with Crippen LogP contribution in [0.5, 0.6) is 5.75 Å². The third kappa shape index (κ3) is 4.05.